The number of nitrogens with zero attached hydrogens (tertiary/aromatic N) is 2. The summed E-state index contributed by atoms with van der Waals surface area (Å²) in [7, 11) is 0. The second kappa shape index (κ2) is 8.99. The molecule has 2 aliphatic heterocycles. The molecule has 0 atom stereocenters. The molecule has 0 saturated carbocycles. The number of aryl methyl sites for hydroxylation is 2. The van der Waals surface area contributed by atoms with Gasteiger partial charge in [0.1, 0.15) is 0 Å². The third kappa shape index (κ3) is 4.11. The van der Waals surface area contributed by atoms with Gasteiger partial charge in [0.2, 0.25) is 0 Å². The quantitative estimate of drug-likeness (QED) is 0.525. The van der Waals surface area contributed by atoms with E-state index in [-0.39, 0.29) is 0 Å². The third-order valence-electron chi connectivity index (χ3n) is 7.66. The fourth-order valence-corrected chi connectivity index (χ4v) is 5.84. The van der Waals surface area contributed by atoms with Crippen LogP contribution in [-0.2, 0) is 4.74 Å². The average molecular weight is 432 g/mol. The van der Waals surface area contributed by atoms with Gasteiger partial charge >= 0.3 is 0 Å². The molecule has 2 saturated heterocycles. The number of rotatable bonds is 4. The summed E-state index contributed by atoms with van der Waals surface area (Å²) in [5, 5.41) is 1.40. The SMILES string of the molecule is Cc1cc(-c2[nH]c3ccc(C4CCN(C5CCOCC5)CC4)cc3c2C(C)C)c(C)cn1. The van der Waals surface area contributed by atoms with Crippen LogP contribution < -0.4 is 0 Å². The van der Waals surface area contributed by atoms with Crippen LogP contribution in [0.15, 0.2) is 30.5 Å². The zero-order valence-electron chi connectivity index (χ0n) is 20.1. The number of hydrogen-bond donors (Lipinski definition) is 1. The number of fused-ring (bicyclic) bond motifs is 1. The van der Waals surface area contributed by atoms with Crippen molar-refractivity contribution in [3.8, 4) is 11.3 Å². The zero-order valence-corrected chi connectivity index (χ0v) is 20.1. The first-order valence-corrected chi connectivity index (χ1v) is 12.4. The Kier molecular flexibility index (Phi) is 6.09. The molecule has 2 aliphatic rings. The van der Waals surface area contributed by atoms with Gasteiger partial charge in [-0.2, -0.15) is 0 Å². The first-order chi connectivity index (χ1) is 15.5. The first kappa shape index (κ1) is 21.7. The van der Waals surface area contributed by atoms with Crippen molar-refractivity contribution in [1.29, 1.82) is 0 Å². The zero-order chi connectivity index (χ0) is 22.2. The highest BCUT2D eigenvalue weighted by Crippen LogP contribution is 2.39. The van der Waals surface area contributed by atoms with Crippen LogP contribution in [-0.4, -0.2) is 47.2 Å². The van der Waals surface area contributed by atoms with Crippen molar-refractivity contribution in [3.63, 3.8) is 0 Å². The maximum Gasteiger partial charge on any atom is 0.0503 e. The van der Waals surface area contributed by atoms with Crippen molar-refractivity contribution < 1.29 is 4.74 Å². The van der Waals surface area contributed by atoms with Crippen molar-refractivity contribution >= 4 is 10.9 Å². The number of piperidine rings is 1. The van der Waals surface area contributed by atoms with Gasteiger partial charge in [-0.15, -0.1) is 0 Å². The molecule has 0 bridgehead atoms. The van der Waals surface area contributed by atoms with E-state index in [0.29, 0.717) is 11.8 Å². The number of benzene rings is 1. The Labute approximate surface area is 192 Å². The van der Waals surface area contributed by atoms with E-state index in [0.717, 1.165) is 24.9 Å². The van der Waals surface area contributed by atoms with E-state index < -0.39 is 0 Å². The Morgan fingerprint density at radius 3 is 2.50 bits per heavy atom. The molecule has 0 amide bonds. The lowest BCUT2D eigenvalue weighted by molar-refractivity contribution is 0.0252. The molecule has 2 aromatic heterocycles. The lowest BCUT2D eigenvalue weighted by Crippen LogP contribution is -2.43. The lowest BCUT2D eigenvalue weighted by atomic mass is 9.86. The van der Waals surface area contributed by atoms with E-state index in [4.69, 9.17) is 4.74 Å². The average Bonchev–Trinajstić information content (AvgIpc) is 3.20. The van der Waals surface area contributed by atoms with E-state index in [1.807, 2.05) is 6.20 Å². The maximum atomic E-state index is 5.57. The van der Waals surface area contributed by atoms with E-state index in [1.165, 1.54) is 77.6 Å². The molecule has 2 fully saturated rings. The minimum atomic E-state index is 0.456. The smallest absolute Gasteiger partial charge is 0.0503 e. The van der Waals surface area contributed by atoms with Crippen LogP contribution in [0.4, 0.5) is 0 Å². The van der Waals surface area contributed by atoms with Crippen molar-refractivity contribution in [1.82, 2.24) is 14.9 Å². The van der Waals surface area contributed by atoms with Gasteiger partial charge < -0.3 is 14.6 Å². The molecular weight excluding hydrogens is 394 g/mol. The van der Waals surface area contributed by atoms with Crippen LogP contribution in [0.25, 0.3) is 22.2 Å². The molecule has 5 rings (SSSR count). The van der Waals surface area contributed by atoms with Crippen LogP contribution in [0.3, 0.4) is 0 Å². The van der Waals surface area contributed by atoms with E-state index in [2.05, 4.69) is 66.8 Å². The van der Waals surface area contributed by atoms with Gasteiger partial charge in [0.25, 0.3) is 0 Å². The summed E-state index contributed by atoms with van der Waals surface area (Å²) >= 11 is 0. The summed E-state index contributed by atoms with van der Waals surface area (Å²) in [6.07, 6.45) is 6.93. The largest absolute Gasteiger partial charge is 0.381 e. The van der Waals surface area contributed by atoms with Crippen molar-refractivity contribution in [2.24, 2.45) is 0 Å². The van der Waals surface area contributed by atoms with Gasteiger partial charge in [0.15, 0.2) is 0 Å². The second-order valence-corrected chi connectivity index (χ2v) is 10.2. The van der Waals surface area contributed by atoms with E-state index >= 15 is 0 Å². The van der Waals surface area contributed by atoms with Crippen LogP contribution in [0, 0.1) is 13.8 Å². The predicted molar refractivity (Wildman–Crippen MR) is 132 cm³/mol. The Bertz CT molecular complexity index is 1090. The molecule has 3 aromatic rings. The van der Waals surface area contributed by atoms with Crippen molar-refractivity contribution in [2.45, 2.75) is 71.3 Å². The Hall–Kier alpha value is -2.17. The normalized spacial score (nSPS) is 19.3. The highest BCUT2D eigenvalue weighted by atomic mass is 16.5. The molecular formula is C28H37N3O. The maximum absolute atomic E-state index is 5.57. The summed E-state index contributed by atoms with van der Waals surface area (Å²) < 4.78 is 5.57. The minimum Gasteiger partial charge on any atom is -0.381 e. The number of pyridine rings is 1. The van der Waals surface area contributed by atoms with Gasteiger partial charge in [-0.3, -0.25) is 4.98 Å². The molecule has 0 unspecified atom stereocenters. The molecule has 4 heterocycles. The van der Waals surface area contributed by atoms with Crippen LogP contribution >= 0.6 is 0 Å². The van der Waals surface area contributed by atoms with E-state index in [9.17, 15) is 0 Å². The Morgan fingerprint density at radius 1 is 1.03 bits per heavy atom. The topological polar surface area (TPSA) is 41.2 Å². The number of likely N-dealkylation sites (tertiary alicyclic amines) is 1. The third-order valence-corrected chi connectivity index (χ3v) is 7.66. The number of aromatic amines is 1. The lowest BCUT2D eigenvalue weighted by Gasteiger charge is -2.39. The molecule has 32 heavy (non-hydrogen) atoms. The Morgan fingerprint density at radius 2 is 1.78 bits per heavy atom. The van der Waals surface area contributed by atoms with Gasteiger partial charge in [-0.25, -0.2) is 0 Å². The summed E-state index contributed by atoms with van der Waals surface area (Å²) in [6.45, 7) is 13.2. The fraction of sp³-hybridized carbons (Fsp3) is 0.536. The van der Waals surface area contributed by atoms with Crippen LogP contribution in [0.2, 0.25) is 0 Å². The highest BCUT2D eigenvalue weighted by molar-refractivity contribution is 5.92. The van der Waals surface area contributed by atoms with Gasteiger partial charge in [0, 0.05) is 47.6 Å². The van der Waals surface area contributed by atoms with Gasteiger partial charge in [0.05, 0.1) is 5.69 Å². The standard InChI is InChI=1S/C28H37N3O/c1-18(2)27-25-16-22(21-7-11-31(12-8-21)23-9-13-32-14-10-23)5-6-26(25)30-28(27)24-15-20(4)29-17-19(24)3/h5-6,15-18,21,23,30H,7-14H2,1-4H3. The van der Waals surface area contributed by atoms with Gasteiger partial charge in [-0.1, -0.05) is 19.9 Å². The molecule has 4 nitrogen and oxygen atoms in total. The summed E-state index contributed by atoms with van der Waals surface area (Å²) in [5.74, 6) is 1.12. The predicted octanol–water partition coefficient (Wildman–Crippen LogP) is 6.33. The fourth-order valence-electron chi connectivity index (χ4n) is 5.84. The number of aromatic nitrogens is 2. The van der Waals surface area contributed by atoms with Crippen molar-refractivity contribution in [2.75, 3.05) is 26.3 Å². The highest BCUT2D eigenvalue weighted by Gasteiger charge is 2.27. The molecule has 0 aliphatic carbocycles. The number of ether oxygens (including phenoxy) is 1. The Balaban J connectivity index is 1.44. The number of nitrogens with one attached hydrogen (secondary N) is 1. The number of hydrogen-bond acceptors (Lipinski definition) is 3. The minimum absolute atomic E-state index is 0.456. The van der Waals surface area contributed by atoms with Crippen molar-refractivity contribution in [3.05, 3.63) is 52.8 Å². The second-order valence-electron chi connectivity index (χ2n) is 10.2. The first-order valence-electron chi connectivity index (χ1n) is 12.4. The molecule has 170 valence electrons. The molecule has 1 N–H and O–H groups in total. The molecule has 0 radical (unpaired) electrons. The monoisotopic (exact) mass is 431 g/mol. The number of H-pyrrole nitrogens is 1. The molecule has 4 heteroatoms. The molecule has 0 spiro atoms. The van der Waals surface area contributed by atoms with Crippen LogP contribution in [0.1, 0.15) is 73.8 Å². The summed E-state index contributed by atoms with van der Waals surface area (Å²) in [4.78, 5) is 11.0. The summed E-state index contributed by atoms with van der Waals surface area (Å²) in [6, 6.07) is 10.1. The van der Waals surface area contributed by atoms with Crippen LogP contribution in [0.5, 0.6) is 0 Å². The van der Waals surface area contributed by atoms with E-state index in [1.54, 1.807) is 0 Å². The molecule has 1 aromatic carbocycles. The summed E-state index contributed by atoms with van der Waals surface area (Å²) in [5.41, 5.74) is 9.05. The van der Waals surface area contributed by atoms with Gasteiger partial charge in [-0.05, 0) is 99.3 Å².